The Labute approximate surface area is 173 Å². The van der Waals surface area contributed by atoms with Crippen LogP contribution in [-0.2, 0) is 0 Å². The molecule has 0 radical (unpaired) electrons. The Morgan fingerprint density at radius 1 is 1.21 bits per heavy atom. The zero-order valence-corrected chi connectivity index (χ0v) is 17.6. The van der Waals surface area contributed by atoms with E-state index in [0.717, 1.165) is 45.3 Å². The molecule has 0 spiro atoms. The van der Waals surface area contributed by atoms with Crippen LogP contribution in [0.4, 0.5) is 5.82 Å². The lowest BCUT2D eigenvalue weighted by Gasteiger charge is -2.36. The Morgan fingerprint density at radius 2 is 2.04 bits per heavy atom. The molecule has 9 heteroatoms. The molecule has 2 aliphatic rings. The van der Waals surface area contributed by atoms with E-state index in [1.165, 1.54) is 0 Å². The number of ether oxygens (including phenoxy) is 1. The van der Waals surface area contributed by atoms with E-state index in [9.17, 15) is 0 Å². The molecule has 4 rings (SSSR count). The van der Waals surface area contributed by atoms with Crippen LogP contribution in [0.2, 0.25) is 0 Å². The molecule has 28 heavy (non-hydrogen) atoms. The molecule has 0 bridgehead atoms. The van der Waals surface area contributed by atoms with Gasteiger partial charge < -0.3 is 10.1 Å². The number of hydrogen-bond donors (Lipinski definition) is 2. The van der Waals surface area contributed by atoms with E-state index in [1.54, 1.807) is 29.8 Å². The Hall–Kier alpha value is -2.39. The molecule has 0 aliphatic carbocycles. The second-order valence-corrected chi connectivity index (χ2v) is 8.12. The largest absolute Gasteiger partial charge is 0.461 e. The molecule has 146 valence electrons. The molecule has 1 aromatic carbocycles. The van der Waals surface area contributed by atoms with Crippen molar-refractivity contribution in [1.29, 1.82) is 0 Å². The van der Waals surface area contributed by atoms with E-state index in [4.69, 9.17) is 19.7 Å². The van der Waals surface area contributed by atoms with E-state index in [-0.39, 0.29) is 6.17 Å². The van der Waals surface area contributed by atoms with Gasteiger partial charge in [-0.25, -0.2) is 20.0 Å². The van der Waals surface area contributed by atoms with Crippen LogP contribution in [0.5, 0.6) is 5.75 Å². The van der Waals surface area contributed by atoms with Crippen molar-refractivity contribution in [2.75, 3.05) is 17.3 Å². The highest BCUT2D eigenvalue weighted by Gasteiger charge is 2.37. The van der Waals surface area contributed by atoms with Gasteiger partial charge in [-0.2, -0.15) is 0 Å². The van der Waals surface area contributed by atoms with Crippen molar-refractivity contribution in [3.63, 3.8) is 0 Å². The number of fused-ring (bicyclic) bond motifs is 3. The molecule has 0 saturated carbocycles. The summed E-state index contributed by atoms with van der Waals surface area (Å²) in [6.07, 6.45) is 4.58. The van der Waals surface area contributed by atoms with Crippen LogP contribution in [0, 0.1) is 0 Å². The van der Waals surface area contributed by atoms with Gasteiger partial charge in [0.1, 0.15) is 29.0 Å². The van der Waals surface area contributed by atoms with E-state index in [1.807, 2.05) is 41.6 Å². The van der Waals surface area contributed by atoms with Crippen LogP contribution >= 0.6 is 23.5 Å². The number of benzene rings is 1. The molecule has 7 nitrogen and oxygen atoms in total. The smallest absolute Gasteiger partial charge is 0.190 e. The monoisotopic (exact) mass is 414 g/mol. The summed E-state index contributed by atoms with van der Waals surface area (Å²) in [5, 5.41) is 7.25. The van der Waals surface area contributed by atoms with Gasteiger partial charge in [-0.05, 0) is 30.6 Å². The molecule has 2 N–H and O–H groups in total. The normalized spacial score (nSPS) is 18.8. The maximum atomic E-state index is 5.74. The number of amidine groups is 1. The molecule has 1 atom stereocenters. The van der Waals surface area contributed by atoms with E-state index in [0.29, 0.717) is 5.82 Å². The number of aromatic nitrogens is 2. The number of aliphatic imine (C=N–C) groups is 1. The molecule has 3 heterocycles. The predicted octanol–water partition coefficient (Wildman–Crippen LogP) is 3.92. The minimum absolute atomic E-state index is 0.0398. The fraction of sp³-hybridized carbons (Fsp3) is 0.316. The lowest BCUT2D eigenvalue weighted by molar-refractivity contribution is 0.276. The molecular weight excluding hydrogens is 392 g/mol. The molecule has 2 aliphatic heterocycles. The van der Waals surface area contributed by atoms with Crippen LogP contribution in [0.15, 0.2) is 57.6 Å². The first-order valence-corrected chi connectivity index (χ1v) is 11.4. The standard InChI is InChI=1S/C19H22N6OS2/c1-4-14-21-16-15(18(27-3)23-19(22-16)28-5-2)17-20-13(24-25(14)17)11-26-12-9-7-6-8-10-12/h6-11,14,24H,4-5H2,1-3H3,(H,21,22,23). The van der Waals surface area contributed by atoms with Gasteiger partial charge in [0.2, 0.25) is 0 Å². The number of anilines is 1. The summed E-state index contributed by atoms with van der Waals surface area (Å²) in [6, 6.07) is 9.64. The van der Waals surface area contributed by atoms with Crippen LogP contribution < -0.4 is 15.5 Å². The van der Waals surface area contributed by atoms with Gasteiger partial charge in [-0.1, -0.05) is 43.8 Å². The van der Waals surface area contributed by atoms with Crippen LogP contribution in [0.1, 0.15) is 25.8 Å². The summed E-state index contributed by atoms with van der Waals surface area (Å²) in [5.41, 5.74) is 4.25. The first-order chi connectivity index (χ1) is 13.7. The minimum atomic E-state index is 0.0398. The van der Waals surface area contributed by atoms with Gasteiger partial charge in [-0.15, -0.1) is 11.8 Å². The summed E-state index contributed by atoms with van der Waals surface area (Å²) in [4.78, 5) is 14.2. The SMILES string of the molecule is CCSc1nc2c(c(SC)n1)C1=NC(=COc3ccccc3)NN1C(CC)N2. The van der Waals surface area contributed by atoms with Crippen molar-refractivity contribution in [1.82, 2.24) is 20.4 Å². The lowest BCUT2D eigenvalue weighted by Crippen LogP contribution is -2.52. The number of hydrogen-bond acceptors (Lipinski definition) is 9. The van der Waals surface area contributed by atoms with Crippen molar-refractivity contribution < 1.29 is 4.74 Å². The zero-order chi connectivity index (χ0) is 19.5. The summed E-state index contributed by atoms with van der Waals surface area (Å²) in [7, 11) is 0. The molecule has 1 aromatic heterocycles. The van der Waals surface area contributed by atoms with Crippen molar-refractivity contribution in [2.24, 2.45) is 4.99 Å². The number of rotatable bonds is 6. The molecular formula is C19H22N6OS2. The van der Waals surface area contributed by atoms with Crippen LogP contribution in [-0.4, -0.2) is 39.0 Å². The second kappa shape index (κ2) is 8.32. The average Bonchev–Trinajstić information content (AvgIpc) is 3.16. The van der Waals surface area contributed by atoms with E-state index >= 15 is 0 Å². The quantitative estimate of drug-likeness (QED) is 0.319. The zero-order valence-electron chi connectivity index (χ0n) is 16.0. The van der Waals surface area contributed by atoms with Crippen molar-refractivity contribution >= 4 is 35.2 Å². The van der Waals surface area contributed by atoms with Crippen molar-refractivity contribution in [2.45, 2.75) is 36.6 Å². The van der Waals surface area contributed by atoms with E-state index < -0.39 is 0 Å². The molecule has 1 unspecified atom stereocenters. The van der Waals surface area contributed by atoms with Gasteiger partial charge in [-0.3, -0.25) is 5.43 Å². The lowest BCUT2D eigenvalue weighted by atomic mass is 10.2. The highest BCUT2D eigenvalue weighted by molar-refractivity contribution is 7.99. The Morgan fingerprint density at radius 3 is 2.75 bits per heavy atom. The molecule has 0 amide bonds. The Bertz CT molecular complexity index is 918. The number of nitrogens with one attached hydrogen (secondary N) is 2. The first-order valence-electron chi connectivity index (χ1n) is 9.15. The van der Waals surface area contributed by atoms with Crippen LogP contribution in [0.25, 0.3) is 0 Å². The Kier molecular flexibility index (Phi) is 5.63. The molecule has 0 fully saturated rings. The summed E-state index contributed by atoms with van der Waals surface area (Å²) >= 11 is 3.24. The molecule has 2 aromatic rings. The van der Waals surface area contributed by atoms with Gasteiger partial charge >= 0.3 is 0 Å². The summed E-state index contributed by atoms with van der Waals surface area (Å²) in [5.74, 6) is 4.00. The fourth-order valence-corrected chi connectivity index (χ4v) is 4.22. The van der Waals surface area contributed by atoms with Gasteiger partial charge in [0.05, 0.1) is 5.56 Å². The van der Waals surface area contributed by atoms with Gasteiger partial charge in [0, 0.05) is 0 Å². The number of thioether (sulfide) groups is 2. The summed E-state index contributed by atoms with van der Waals surface area (Å²) < 4.78 is 5.74. The Balaban J connectivity index is 1.71. The summed E-state index contributed by atoms with van der Waals surface area (Å²) in [6.45, 7) is 4.23. The average molecular weight is 415 g/mol. The third-order valence-corrected chi connectivity index (χ3v) is 5.70. The van der Waals surface area contributed by atoms with Crippen molar-refractivity contribution in [3.05, 3.63) is 48.0 Å². The van der Waals surface area contributed by atoms with Gasteiger partial charge in [0.25, 0.3) is 0 Å². The second-order valence-electron chi connectivity index (χ2n) is 6.09. The minimum Gasteiger partial charge on any atom is -0.461 e. The highest BCUT2D eigenvalue weighted by Crippen LogP contribution is 2.35. The third-order valence-electron chi connectivity index (χ3n) is 4.29. The van der Waals surface area contributed by atoms with Gasteiger partial charge in [0.15, 0.2) is 16.8 Å². The van der Waals surface area contributed by atoms with Crippen molar-refractivity contribution in [3.8, 4) is 5.75 Å². The maximum absolute atomic E-state index is 5.74. The first kappa shape index (κ1) is 18.9. The predicted molar refractivity (Wildman–Crippen MR) is 115 cm³/mol. The number of hydrazine groups is 1. The molecule has 0 saturated heterocycles. The maximum Gasteiger partial charge on any atom is 0.190 e. The highest BCUT2D eigenvalue weighted by atomic mass is 32.2. The fourth-order valence-electron chi connectivity index (χ4n) is 3.02. The van der Waals surface area contributed by atoms with Crippen LogP contribution in [0.3, 0.4) is 0 Å². The third kappa shape index (κ3) is 3.64. The topological polar surface area (TPSA) is 74.7 Å². The number of nitrogens with zero attached hydrogens (tertiary/aromatic N) is 4. The van der Waals surface area contributed by atoms with E-state index in [2.05, 4.69) is 24.6 Å². The number of para-hydroxylation sites is 1.